The molecule has 0 amide bonds. The zero-order chi connectivity index (χ0) is 37.1. The quantitative estimate of drug-likeness (QED) is 0.0818. The zero-order valence-electron chi connectivity index (χ0n) is 30.6. The van der Waals surface area contributed by atoms with Crippen LogP contribution < -0.4 is 21.2 Å². The van der Waals surface area contributed by atoms with E-state index in [0.717, 1.165) is 37.9 Å². The monoisotopic (exact) mass is 758 g/mol. The Bertz CT molecular complexity index is 1980. The van der Waals surface area contributed by atoms with Crippen LogP contribution in [-0.4, -0.2) is 31.5 Å². The van der Waals surface area contributed by atoms with E-state index in [-0.39, 0.29) is 12.7 Å². The van der Waals surface area contributed by atoms with Crippen molar-refractivity contribution in [1.29, 1.82) is 0 Å². The van der Waals surface area contributed by atoms with E-state index in [9.17, 15) is 0 Å². The molecule has 1 fully saturated rings. The lowest BCUT2D eigenvalue weighted by atomic mass is 9.80. The van der Waals surface area contributed by atoms with Gasteiger partial charge in [-0.1, -0.05) is 212 Å². The molecular weight excluding hydrogens is 714 g/mol. The second-order valence-corrected chi connectivity index (χ2v) is 17.1. The van der Waals surface area contributed by atoms with Crippen molar-refractivity contribution in [3.8, 4) is 0 Å². The molecule has 3 atom stereocenters. The maximum atomic E-state index is 7.49. The van der Waals surface area contributed by atoms with E-state index in [1.54, 1.807) is 0 Å². The number of ether oxygens (including phenoxy) is 2. The van der Waals surface area contributed by atoms with Crippen molar-refractivity contribution >= 4 is 37.5 Å². The molecule has 55 heavy (non-hydrogen) atoms. The fourth-order valence-electron chi connectivity index (χ4n) is 7.25. The Hall–Kier alpha value is -4.76. The summed E-state index contributed by atoms with van der Waals surface area (Å²) < 4.78 is 29.1. The van der Waals surface area contributed by atoms with E-state index >= 15 is 0 Å². The molecule has 0 bridgehead atoms. The predicted molar refractivity (Wildman–Crippen MR) is 227 cm³/mol. The molecule has 1 aliphatic heterocycles. The van der Waals surface area contributed by atoms with E-state index in [2.05, 4.69) is 194 Å². The van der Waals surface area contributed by atoms with Crippen molar-refractivity contribution in [2.24, 2.45) is 0 Å². The molecule has 4 nitrogen and oxygen atoms in total. The van der Waals surface area contributed by atoms with Crippen molar-refractivity contribution in [3.63, 3.8) is 0 Å². The summed E-state index contributed by atoms with van der Waals surface area (Å²) in [7, 11) is -2.40. The predicted octanol–water partition coefficient (Wildman–Crippen LogP) is 9.65. The zero-order valence-corrected chi connectivity index (χ0v) is 32.4. The van der Waals surface area contributed by atoms with Gasteiger partial charge in [-0.3, -0.25) is 0 Å². The summed E-state index contributed by atoms with van der Waals surface area (Å²) in [6.45, 7) is 0.791. The van der Waals surface area contributed by atoms with Crippen molar-refractivity contribution in [3.05, 3.63) is 229 Å². The molecule has 0 spiro atoms. The van der Waals surface area contributed by atoms with Gasteiger partial charge in [-0.15, -0.1) is 0 Å². The average molecular weight is 759 g/mol. The van der Waals surface area contributed by atoms with Gasteiger partial charge in [0.15, 0.2) is 0 Å². The number of benzene rings is 7. The Kier molecular flexibility index (Phi) is 12.3. The average Bonchev–Trinajstić information content (AvgIpc) is 3.27. The Morgan fingerprint density at radius 1 is 0.436 bits per heavy atom. The molecule has 0 aliphatic carbocycles. The lowest BCUT2D eigenvalue weighted by Crippen LogP contribution is -2.50. The van der Waals surface area contributed by atoms with Crippen LogP contribution >= 0.6 is 16.3 Å². The minimum Gasteiger partial charge on any atom is -0.373 e. The summed E-state index contributed by atoms with van der Waals surface area (Å²) in [5, 5.41) is 4.58. The molecule has 1 aliphatic rings. The minimum atomic E-state index is -1.24. The van der Waals surface area contributed by atoms with Gasteiger partial charge >= 0.3 is 0 Å². The highest BCUT2D eigenvalue weighted by Gasteiger charge is 2.44. The van der Waals surface area contributed by atoms with Crippen LogP contribution in [-0.2, 0) is 24.1 Å². The number of rotatable bonds is 14. The SMILES string of the molecule is c1ccc(P(O[C@@H]2[C@@H](COC(c3ccccc3)(c3ccccc3)c3ccccc3)OCC[C@H]2OP(c2ccccc2)c2ccccc2)c2ccccc2)cc1. The summed E-state index contributed by atoms with van der Waals surface area (Å²) in [4.78, 5) is 0. The third-order valence-electron chi connectivity index (χ3n) is 9.90. The van der Waals surface area contributed by atoms with E-state index in [1.807, 2.05) is 18.2 Å². The van der Waals surface area contributed by atoms with E-state index < -0.39 is 34.1 Å². The Morgan fingerprint density at radius 3 is 1.13 bits per heavy atom. The highest BCUT2D eigenvalue weighted by atomic mass is 31.1. The molecule has 0 unspecified atom stereocenters. The smallest absolute Gasteiger partial charge is 0.143 e. The van der Waals surface area contributed by atoms with Crippen LogP contribution in [0.4, 0.5) is 0 Å². The lowest BCUT2D eigenvalue weighted by molar-refractivity contribution is -0.149. The van der Waals surface area contributed by atoms with Crippen LogP contribution in [0, 0.1) is 0 Å². The van der Waals surface area contributed by atoms with Gasteiger partial charge in [0.1, 0.15) is 17.8 Å². The molecule has 6 heteroatoms. The van der Waals surface area contributed by atoms with Crippen molar-refractivity contribution in [2.75, 3.05) is 13.2 Å². The second-order valence-electron chi connectivity index (χ2n) is 13.4. The second kappa shape index (κ2) is 18.2. The van der Waals surface area contributed by atoms with Crippen LogP contribution in [0.1, 0.15) is 23.1 Å². The first-order valence-corrected chi connectivity index (χ1v) is 21.4. The van der Waals surface area contributed by atoms with Gasteiger partial charge in [0.25, 0.3) is 0 Å². The van der Waals surface area contributed by atoms with Crippen LogP contribution in [0.25, 0.3) is 0 Å². The first kappa shape index (κ1) is 37.2. The Labute approximate surface area is 327 Å². The highest BCUT2D eigenvalue weighted by Crippen LogP contribution is 2.46. The van der Waals surface area contributed by atoms with E-state index in [0.29, 0.717) is 13.0 Å². The van der Waals surface area contributed by atoms with Gasteiger partial charge in [-0.2, -0.15) is 0 Å². The minimum absolute atomic E-state index is 0.268. The molecule has 0 aromatic heterocycles. The van der Waals surface area contributed by atoms with Crippen LogP contribution in [0.3, 0.4) is 0 Å². The molecule has 0 radical (unpaired) electrons. The molecule has 1 saturated heterocycles. The van der Waals surface area contributed by atoms with Crippen LogP contribution in [0.15, 0.2) is 212 Å². The highest BCUT2D eigenvalue weighted by molar-refractivity contribution is 7.69. The standard InChI is InChI=1S/C49H44O4P2/c1-8-22-39(23-9-1)49(40-24-10-2-11-25-40,41-26-12-3-13-27-41)51-38-47-48(53-55(44-32-18-6-19-33-44)45-34-20-7-21-35-45)46(36-37-50-47)52-54(42-28-14-4-15-29-42)43-30-16-5-17-31-43/h1-35,46-48H,36-38H2/t46-,47-,48+/m1/s1. The largest absolute Gasteiger partial charge is 0.373 e. The van der Waals surface area contributed by atoms with Crippen LogP contribution in [0.2, 0.25) is 0 Å². The van der Waals surface area contributed by atoms with Gasteiger partial charge in [-0.25, -0.2) is 0 Å². The maximum absolute atomic E-state index is 7.49. The number of hydrogen-bond acceptors (Lipinski definition) is 4. The first-order chi connectivity index (χ1) is 27.3. The molecule has 7 aromatic rings. The van der Waals surface area contributed by atoms with Gasteiger partial charge in [0, 0.05) is 27.8 Å². The Morgan fingerprint density at radius 2 is 0.764 bits per heavy atom. The topological polar surface area (TPSA) is 36.9 Å². The molecule has 1 heterocycles. The van der Waals surface area contributed by atoms with Crippen molar-refractivity contribution < 1.29 is 18.5 Å². The lowest BCUT2D eigenvalue weighted by Gasteiger charge is -2.43. The normalized spacial score (nSPS) is 17.3. The van der Waals surface area contributed by atoms with Crippen molar-refractivity contribution in [1.82, 2.24) is 0 Å². The first-order valence-electron chi connectivity index (χ1n) is 18.9. The third-order valence-corrected chi connectivity index (χ3v) is 13.9. The van der Waals surface area contributed by atoms with Gasteiger partial charge in [0.2, 0.25) is 0 Å². The van der Waals surface area contributed by atoms with Crippen LogP contribution in [0.5, 0.6) is 0 Å². The van der Waals surface area contributed by atoms with E-state index in [4.69, 9.17) is 18.5 Å². The summed E-state index contributed by atoms with van der Waals surface area (Å²) in [5.74, 6) is 0. The summed E-state index contributed by atoms with van der Waals surface area (Å²) in [6, 6.07) is 73.8. The third kappa shape index (κ3) is 8.57. The maximum Gasteiger partial charge on any atom is 0.143 e. The fourth-order valence-corrected chi connectivity index (χ4v) is 11.1. The summed E-state index contributed by atoms with van der Waals surface area (Å²) in [5.41, 5.74) is 2.22. The molecule has 7 aromatic carbocycles. The molecular formula is C49H44O4P2. The Balaban J connectivity index is 1.21. The molecule has 274 valence electrons. The summed E-state index contributed by atoms with van der Waals surface area (Å²) >= 11 is 0. The van der Waals surface area contributed by atoms with Crippen molar-refractivity contribution in [2.45, 2.75) is 30.3 Å². The fraction of sp³-hybridized carbons (Fsp3) is 0.143. The van der Waals surface area contributed by atoms with Gasteiger partial charge < -0.3 is 18.5 Å². The molecule has 0 N–H and O–H groups in total. The molecule has 0 saturated carbocycles. The van der Waals surface area contributed by atoms with Gasteiger partial charge in [-0.05, 0) is 23.1 Å². The van der Waals surface area contributed by atoms with E-state index in [1.165, 1.54) is 0 Å². The number of hydrogen-bond donors (Lipinski definition) is 0. The van der Waals surface area contributed by atoms with Gasteiger partial charge in [0.05, 0.1) is 29.0 Å². The molecule has 8 rings (SSSR count). The summed E-state index contributed by atoms with van der Waals surface area (Å²) in [6.07, 6.45) is -0.466.